The number of ether oxygens (including phenoxy) is 1. The van der Waals surface area contributed by atoms with Gasteiger partial charge in [-0.2, -0.15) is 0 Å². The molecule has 1 aliphatic carbocycles. The molecule has 1 saturated carbocycles. The number of aliphatic hydroxyl groups excluding tert-OH is 1. The van der Waals surface area contributed by atoms with Crippen LogP contribution in [0.5, 0.6) is 0 Å². The van der Waals surface area contributed by atoms with Gasteiger partial charge in [0, 0.05) is 18.5 Å². The maximum atomic E-state index is 12.2. The molecule has 1 saturated heterocycles. The zero-order valence-electron chi connectivity index (χ0n) is 12.7. The molecule has 3 atom stereocenters. The third kappa shape index (κ3) is 3.69. The Morgan fingerprint density at radius 1 is 1.45 bits per heavy atom. The molecule has 0 radical (unpaired) electrons. The fourth-order valence-electron chi connectivity index (χ4n) is 3.51. The average Bonchev–Trinajstić information content (AvgIpc) is 3.17. The zero-order chi connectivity index (χ0) is 15.4. The number of aliphatic hydroxyl groups is 1. The lowest BCUT2D eigenvalue weighted by Gasteiger charge is -2.39. The fourth-order valence-corrected chi connectivity index (χ4v) is 3.51. The number of nitrogens with one attached hydrogen (secondary N) is 1. The van der Waals surface area contributed by atoms with E-state index in [4.69, 9.17) is 9.15 Å². The molecular weight excluding hydrogens is 284 g/mol. The van der Waals surface area contributed by atoms with Crippen molar-refractivity contribution in [3.8, 4) is 0 Å². The Labute approximate surface area is 130 Å². The lowest BCUT2D eigenvalue weighted by Crippen LogP contribution is -2.53. The highest BCUT2D eigenvalue weighted by Crippen LogP contribution is 2.32. The van der Waals surface area contributed by atoms with Crippen LogP contribution in [0, 0.1) is 5.92 Å². The number of hydrogen-bond acceptors (Lipinski definition) is 5. The highest BCUT2D eigenvalue weighted by molar-refractivity contribution is 5.78. The molecule has 1 aliphatic heterocycles. The van der Waals surface area contributed by atoms with E-state index in [1.807, 2.05) is 6.07 Å². The Balaban J connectivity index is 1.53. The topological polar surface area (TPSA) is 74.9 Å². The first kappa shape index (κ1) is 15.5. The van der Waals surface area contributed by atoms with Gasteiger partial charge in [-0.25, -0.2) is 0 Å². The molecule has 0 bridgehead atoms. The van der Waals surface area contributed by atoms with Crippen molar-refractivity contribution < 1.29 is 19.1 Å². The van der Waals surface area contributed by atoms with E-state index >= 15 is 0 Å². The van der Waals surface area contributed by atoms with E-state index in [1.54, 1.807) is 12.3 Å². The van der Waals surface area contributed by atoms with Crippen LogP contribution in [0.1, 0.15) is 25.0 Å². The summed E-state index contributed by atoms with van der Waals surface area (Å²) in [6.07, 6.45) is 4.27. The number of carbonyl (C=O) groups is 1. The SMILES string of the molecule is O=C(CN1CCOCC1C1CCCC1O)NCc1ccco1. The summed E-state index contributed by atoms with van der Waals surface area (Å²) < 4.78 is 10.8. The summed E-state index contributed by atoms with van der Waals surface area (Å²) in [5.74, 6) is 0.951. The second-order valence-corrected chi connectivity index (χ2v) is 6.13. The first-order chi connectivity index (χ1) is 10.7. The van der Waals surface area contributed by atoms with Crippen molar-refractivity contribution in [2.24, 2.45) is 5.92 Å². The van der Waals surface area contributed by atoms with E-state index in [0.29, 0.717) is 26.3 Å². The van der Waals surface area contributed by atoms with E-state index in [2.05, 4.69) is 10.2 Å². The second-order valence-electron chi connectivity index (χ2n) is 6.13. The van der Waals surface area contributed by atoms with Crippen molar-refractivity contribution in [3.63, 3.8) is 0 Å². The van der Waals surface area contributed by atoms with Gasteiger partial charge in [0.05, 0.1) is 38.7 Å². The quantitative estimate of drug-likeness (QED) is 0.840. The molecule has 2 N–H and O–H groups in total. The van der Waals surface area contributed by atoms with Gasteiger partial charge in [0.1, 0.15) is 5.76 Å². The van der Waals surface area contributed by atoms with Crippen molar-refractivity contribution in [2.45, 2.75) is 38.0 Å². The normalized spacial score (nSPS) is 29.6. The highest BCUT2D eigenvalue weighted by atomic mass is 16.5. The summed E-state index contributed by atoms with van der Waals surface area (Å²) in [5.41, 5.74) is 0. The smallest absolute Gasteiger partial charge is 0.234 e. The maximum Gasteiger partial charge on any atom is 0.234 e. The molecule has 0 aromatic carbocycles. The van der Waals surface area contributed by atoms with Gasteiger partial charge in [-0.1, -0.05) is 6.42 Å². The van der Waals surface area contributed by atoms with E-state index in [-0.39, 0.29) is 24.0 Å². The third-order valence-corrected chi connectivity index (χ3v) is 4.69. The van der Waals surface area contributed by atoms with Crippen molar-refractivity contribution in [3.05, 3.63) is 24.2 Å². The van der Waals surface area contributed by atoms with Crippen molar-refractivity contribution in [2.75, 3.05) is 26.3 Å². The van der Waals surface area contributed by atoms with E-state index in [1.165, 1.54) is 0 Å². The summed E-state index contributed by atoms with van der Waals surface area (Å²) >= 11 is 0. The van der Waals surface area contributed by atoms with E-state index in [9.17, 15) is 9.90 Å². The van der Waals surface area contributed by atoms with Gasteiger partial charge in [0.15, 0.2) is 0 Å². The molecule has 6 nitrogen and oxygen atoms in total. The summed E-state index contributed by atoms with van der Waals surface area (Å²) in [7, 11) is 0. The van der Waals surface area contributed by atoms with Gasteiger partial charge >= 0.3 is 0 Å². The fraction of sp³-hybridized carbons (Fsp3) is 0.688. The molecule has 0 spiro atoms. The first-order valence-electron chi connectivity index (χ1n) is 8.03. The average molecular weight is 308 g/mol. The van der Waals surface area contributed by atoms with E-state index in [0.717, 1.165) is 31.6 Å². The molecule has 1 amide bonds. The lowest BCUT2D eigenvalue weighted by molar-refractivity contribution is -0.126. The number of hydrogen-bond donors (Lipinski definition) is 2. The summed E-state index contributed by atoms with van der Waals surface area (Å²) in [6, 6.07) is 3.79. The van der Waals surface area contributed by atoms with Gasteiger partial charge in [-0.15, -0.1) is 0 Å². The van der Waals surface area contributed by atoms with Gasteiger partial charge < -0.3 is 19.6 Å². The predicted molar refractivity (Wildman–Crippen MR) is 80.1 cm³/mol. The third-order valence-electron chi connectivity index (χ3n) is 4.69. The van der Waals surface area contributed by atoms with Gasteiger partial charge in [-0.3, -0.25) is 9.69 Å². The molecule has 3 unspecified atom stereocenters. The Kier molecular flexibility index (Phi) is 5.12. The van der Waals surface area contributed by atoms with Crippen LogP contribution in [0.15, 0.2) is 22.8 Å². The first-order valence-corrected chi connectivity index (χ1v) is 8.03. The number of amides is 1. The Morgan fingerprint density at radius 3 is 3.09 bits per heavy atom. The molecule has 2 heterocycles. The molecule has 3 rings (SSSR count). The molecule has 22 heavy (non-hydrogen) atoms. The predicted octanol–water partition coefficient (Wildman–Crippen LogP) is 0.758. The molecule has 1 aromatic rings. The Morgan fingerprint density at radius 2 is 2.36 bits per heavy atom. The minimum atomic E-state index is -0.264. The summed E-state index contributed by atoms with van der Waals surface area (Å²) in [6.45, 7) is 2.74. The van der Waals surface area contributed by atoms with Crippen LogP contribution < -0.4 is 5.32 Å². The molecule has 2 fully saturated rings. The van der Waals surface area contributed by atoms with Crippen LogP contribution in [-0.4, -0.2) is 54.4 Å². The molecule has 2 aliphatic rings. The Hall–Kier alpha value is -1.37. The highest BCUT2D eigenvalue weighted by Gasteiger charge is 2.38. The molecule has 1 aromatic heterocycles. The van der Waals surface area contributed by atoms with Crippen LogP contribution >= 0.6 is 0 Å². The van der Waals surface area contributed by atoms with Crippen LogP contribution in [0.25, 0.3) is 0 Å². The summed E-state index contributed by atoms with van der Waals surface area (Å²) in [4.78, 5) is 14.3. The molecule has 122 valence electrons. The van der Waals surface area contributed by atoms with Crippen molar-refractivity contribution in [1.29, 1.82) is 0 Å². The van der Waals surface area contributed by atoms with Crippen molar-refractivity contribution in [1.82, 2.24) is 10.2 Å². The van der Waals surface area contributed by atoms with Crippen LogP contribution in [0.3, 0.4) is 0 Å². The Bertz CT molecular complexity index is 477. The standard InChI is InChI=1S/C16H24N2O4/c19-15-5-1-4-13(15)14-11-21-8-6-18(14)10-16(20)17-9-12-3-2-7-22-12/h2-3,7,13-15,19H,1,4-6,8-11H2,(H,17,20). The molecular formula is C16H24N2O4. The van der Waals surface area contributed by atoms with Gasteiger partial charge in [0.2, 0.25) is 5.91 Å². The van der Waals surface area contributed by atoms with Gasteiger partial charge in [-0.05, 0) is 25.0 Å². The van der Waals surface area contributed by atoms with E-state index < -0.39 is 0 Å². The number of morpholine rings is 1. The van der Waals surface area contributed by atoms with Crippen LogP contribution in [0.4, 0.5) is 0 Å². The lowest BCUT2D eigenvalue weighted by atomic mass is 9.94. The van der Waals surface area contributed by atoms with Gasteiger partial charge in [0.25, 0.3) is 0 Å². The second kappa shape index (κ2) is 7.26. The minimum Gasteiger partial charge on any atom is -0.467 e. The minimum absolute atomic E-state index is 0.0178. The van der Waals surface area contributed by atoms with Crippen LogP contribution in [0.2, 0.25) is 0 Å². The molecule has 6 heteroatoms. The summed E-state index contributed by atoms with van der Waals surface area (Å²) in [5, 5.41) is 13.0. The maximum absolute atomic E-state index is 12.2. The number of furan rings is 1. The number of rotatable bonds is 5. The largest absolute Gasteiger partial charge is 0.467 e. The number of nitrogens with zero attached hydrogens (tertiary/aromatic N) is 1. The van der Waals surface area contributed by atoms with Crippen LogP contribution in [-0.2, 0) is 16.1 Å². The van der Waals surface area contributed by atoms with Crippen molar-refractivity contribution >= 4 is 5.91 Å². The number of carbonyl (C=O) groups excluding carboxylic acids is 1. The zero-order valence-corrected chi connectivity index (χ0v) is 12.7. The monoisotopic (exact) mass is 308 g/mol.